The average molecular weight is 281 g/mol. The molecular formula is C19H23NO. The molecule has 0 saturated carbocycles. The molecule has 110 valence electrons. The fourth-order valence-corrected chi connectivity index (χ4v) is 3.26. The van der Waals surface area contributed by atoms with Gasteiger partial charge in [-0.05, 0) is 36.8 Å². The summed E-state index contributed by atoms with van der Waals surface area (Å²) in [5, 5.41) is 0. The molecule has 0 unspecified atom stereocenters. The first-order chi connectivity index (χ1) is 10.1. The number of nitrogens with zero attached hydrogens (tertiary/aromatic N) is 1. The van der Waals surface area contributed by atoms with Crippen LogP contribution in [0.2, 0.25) is 0 Å². The minimum Gasteiger partial charge on any atom is -0.343 e. The number of hydrogen-bond donors (Lipinski definition) is 0. The first-order valence-electron chi connectivity index (χ1n) is 7.93. The van der Waals surface area contributed by atoms with Gasteiger partial charge in [-0.15, -0.1) is 0 Å². The maximum absolute atomic E-state index is 12.2. The van der Waals surface area contributed by atoms with Gasteiger partial charge in [-0.3, -0.25) is 4.79 Å². The zero-order valence-corrected chi connectivity index (χ0v) is 12.9. The van der Waals surface area contributed by atoms with E-state index >= 15 is 0 Å². The number of aromatic nitrogens is 1. The van der Waals surface area contributed by atoms with Crippen molar-refractivity contribution in [1.29, 1.82) is 0 Å². The van der Waals surface area contributed by atoms with Crippen molar-refractivity contribution < 1.29 is 4.79 Å². The number of rotatable bonds is 4. The summed E-state index contributed by atoms with van der Waals surface area (Å²) in [6, 6.07) is 12.7. The van der Waals surface area contributed by atoms with Gasteiger partial charge in [-0.1, -0.05) is 44.2 Å². The molecule has 2 aromatic rings. The zero-order chi connectivity index (χ0) is 14.8. The Bertz CT molecular complexity index is 637. The Morgan fingerprint density at radius 1 is 1.14 bits per heavy atom. The van der Waals surface area contributed by atoms with E-state index in [0.29, 0.717) is 18.1 Å². The van der Waals surface area contributed by atoms with Crippen LogP contribution in [0.1, 0.15) is 54.0 Å². The third-order valence-corrected chi connectivity index (χ3v) is 4.21. The van der Waals surface area contributed by atoms with Gasteiger partial charge < -0.3 is 4.57 Å². The summed E-state index contributed by atoms with van der Waals surface area (Å²) >= 11 is 0. The van der Waals surface area contributed by atoms with Crippen LogP contribution in [0.4, 0.5) is 0 Å². The molecule has 0 atom stereocenters. The largest absolute Gasteiger partial charge is 0.343 e. The molecule has 1 aromatic heterocycles. The van der Waals surface area contributed by atoms with Crippen molar-refractivity contribution in [2.45, 2.75) is 46.1 Å². The predicted molar refractivity (Wildman–Crippen MR) is 85.8 cm³/mol. The SMILES string of the molecule is CC(C)Cc1cc2c(n1Cc1ccccc1)CCCC2=O. The van der Waals surface area contributed by atoms with Crippen LogP contribution in [0.15, 0.2) is 36.4 Å². The van der Waals surface area contributed by atoms with Crippen LogP contribution in [0.25, 0.3) is 0 Å². The van der Waals surface area contributed by atoms with Gasteiger partial charge in [0.2, 0.25) is 0 Å². The Kier molecular flexibility index (Phi) is 3.96. The number of hydrogen-bond acceptors (Lipinski definition) is 1. The smallest absolute Gasteiger partial charge is 0.164 e. The number of benzene rings is 1. The lowest BCUT2D eigenvalue weighted by Gasteiger charge is -2.17. The maximum atomic E-state index is 12.2. The third kappa shape index (κ3) is 2.94. The lowest BCUT2D eigenvalue weighted by molar-refractivity contribution is 0.0972. The molecule has 1 aromatic carbocycles. The highest BCUT2D eigenvalue weighted by atomic mass is 16.1. The summed E-state index contributed by atoms with van der Waals surface area (Å²) in [5.74, 6) is 0.930. The summed E-state index contributed by atoms with van der Waals surface area (Å²) in [5.41, 5.74) is 4.85. The van der Waals surface area contributed by atoms with Crippen LogP contribution >= 0.6 is 0 Å². The minimum atomic E-state index is 0.327. The van der Waals surface area contributed by atoms with E-state index in [9.17, 15) is 4.79 Å². The molecule has 3 rings (SSSR count). The molecule has 0 N–H and O–H groups in total. The Balaban J connectivity index is 2.01. The Labute approximate surface area is 126 Å². The van der Waals surface area contributed by atoms with E-state index in [1.807, 2.05) is 6.07 Å². The molecule has 1 aliphatic carbocycles. The van der Waals surface area contributed by atoms with E-state index in [4.69, 9.17) is 0 Å². The highest BCUT2D eigenvalue weighted by molar-refractivity contribution is 5.98. The first-order valence-corrected chi connectivity index (χ1v) is 7.93. The normalized spacial score (nSPS) is 14.5. The van der Waals surface area contributed by atoms with Gasteiger partial charge in [0, 0.05) is 29.9 Å². The number of carbonyl (C=O) groups excluding carboxylic acids is 1. The first kappa shape index (κ1) is 14.1. The Morgan fingerprint density at radius 3 is 2.62 bits per heavy atom. The molecule has 0 saturated heterocycles. The van der Waals surface area contributed by atoms with E-state index in [1.165, 1.54) is 17.0 Å². The van der Waals surface area contributed by atoms with Crippen LogP contribution in [0.5, 0.6) is 0 Å². The van der Waals surface area contributed by atoms with Crippen LogP contribution in [-0.2, 0) is 19.4 Å². The van der Waals surface area contributed by atoms with Gasteiger partial charge in [0.05, 0.1) is 0 Å². The molecule has 2 nitrogen and oxygen atoms in total. The molecule has 2 heteroatoms. The fourth-order valence-electron chi connectivity index (χ4n) is 3.26. The van der Waals surface area contributed by atoms with Crippen molar-refractivity contribution in [3.63, 3.8) is 0 Å². The van der Waals surface area contributed by atoms with E-state index in [0.717, 1.165) is 31.4 Å². The highest BCUT2D eigenvalue weighted by Gasteiger charge is 2.23. The maximum Gasteiger partial charge on any atom is 0.164 e. The molecule has 0 bridgehead atoms. The van der Waals surface area contributed by atoms with Crippen molar-refractivity contribution in [3.8, 4) is 0 Å². The van der Waals surface area contributed by atoms with Crippen LogP contribution < -0.4 is 0 Å². The standard InChI is InChI=1S/C19H23NO/c1-14(2)11-16-12-17-18(9-6-10-19(17)21)20(16)13-15-7-4-3-5-8-15/h3-5,7-8,12,14H,6,9-11,13H2,1-2H3. The van der Waals surface area contributed by atoms with E-state index < -0.39 is 0 Å². The topological polar surface area (TPSA) is 22.0 Å². The highest BCUT2D eigenvalue weighted by Crippen LogP contribution is 2.27. The lowest BCUT2D eigenvalue weighted by atomic mass is 9.96. The van der Waals surface area contributed by atoms with Gasteiger partial charge in [-0.25, -0.2) is 0 Å². The molecular weight excluding hydrogens is 258 g/mol. The minimum absolute atomic E-state index is 0.327. The number of carbonyl (C=O) groups is 1. The van der Waals surface area contributed by atoms with Gasteiger partial charge in [0.25, 0.3) is 0 Å². The van der Waals surface area contributed by atoms with Crippen molar-refractivity contribution in [2.75, 3.05) is 0 Å². The van der Waals surface area contributed by atoms with Gasteiger partial charge in [0.15, 0.2) is 5.78 Å². The van der Waals surface area contributed by atoms with Crippen LogP contribution in [-0.4, -0.2) is 10.4 Å². The summed E-state index contributed by atoms with van der Waals surface area (Å²) in [6.07, 6.45) is 3.77. The van der Waals surface area contributed by atoms with Crippen molar-refractivity contribution in [2.24, 2.45) is 5.92 Å². The Hall–Kier alpha value is -1.83. The summed E-state index contributed by atoms with van der Waals surface area (Å²) in [6.45, 7) is 5.35. The predicted octanol–water partition coefficient (Wildman–Crippen LogP) is 4.25. The van der Waals surface area contributed by atoms with Crippen LogP contribution in [0, 0.1) is 5.92 Å². The van der Waals surface area contributed by atoms with Crippen molar-refractivity contribution in [3.05, 3.63) is 58.9 Å². The monoisotopic (exact) mass is 281 g/mol. The molecule has 0 spiro atoms. The second-order valence-electron chi connectivity index (χ2n) is 6.44. The summed E-state index contributed by atoms with van der Waals surface area (Å²) in [4.78, 5) is 12.2. The molecule has 1 aliphatic rings. The number of ketones is 1. The number of Topliss-reactive ketones (excluding diaryl/α,β-unsaturated/α-hetero) is 1. The second kappa shape index (κ2) is 5.88. The fraction of sp³-hybridized carbons (Fsp3) is 0.421. The zero-order valence-electron chi connectivity index (χ0n) is 12.9. The molecule has 21 heavy (non-hydrogen) atoms. The van der Waals surface area contributed by atoms with Gasteiger partial charge >= 0.3 is 0 Å². The molecule has 0 aliphatic heterocycles. The van der Waals surface area contributed by atoms with Crippen LogP contribution in [0.3, 0.4) is 0 Å². The van der Waals surface area contributed by atoms with E-state index in [2.05, 4.69) is 48.7 Å². The van der Waals surface area contributed by atoms with E-state index in [1.54, 1.807) is 0 Å². The Morgan fingerprint density at radius 2 is 1.90 bits per heavy atom. The third-order valence-electron chi connectivity index (χ3n) is 4.21. The second-order valence-corrected chi connectivity index (χ2v) is 6.44. The number of fused-ring (bicyclic) bond motifs is 1. The summed E-state index contributed by atoms with van der Waals surface area (Å²) < 4.78 is 2.39. The summed E-state index contributed by atoms with van der Waals surface area (Å²) in [7, 11) is 0. The van der Waals surface area contributed by atoms with E-state index in [-0.39, 0.29) is 0 Å². The molecule has 0 fully saturated rings. The lowest BCUT2D eigenvalue weighted by Crippen LogP contribution is -2.15. The molecule has 0 radical (unpaired) electrons. The van der Waals surface area contributed by atoms with Gasteiger partial charge in [-0.2, -0.15) is 0 Å². The molecule has 1 heterocycles. The van der Waals surface area contributed by atoms with Gasteiger partial charge in [0.1, 0.15) is 0 Å². The van der Waals surface area contributed by atoms with Crippen molar-refractivity contribution >= 4 is 5.78 Å². The van der Waals surface area contributed by atoms with Crippen molar-refractivity contribution in [1.82, 2.24) is 4.57 Å². The average Bonchev–Trinajstić information content (AvgIpc) is 2.79. The quantitative estimate of drug-likeness (QED) is 0.821. The molecule has 0 amide bonds.